The van der Waals surface area contributed by atoms with Gasteiger partial charge in [0.15, 0.2) is 11.5 Å². The van der Waals surface area contributed by atoms with Crippen LogP contribution in [0.3, 0.4) is 0 Å². The Hall–Kier alpha value is -2.32. The number of aliphatic imine (C=N–C) groups is 1. The highest BCUT2D eigenvalue weighted by Crippen LogP contribution is 2.32. The second-order valence-electron chi connectivity index (χ2n) is 5.64. The summed E-state index contributed by atoms with van der Waals surface area (Å²) in [5.74, 6) is 0.841. The maximum Gasteiger partial charge on any atom is 0.291 e. The maximum absolute atomic E-state index is 12.5. The first kappa shape index (κ1) is 17.5. The lowest BCUT2D eigenvalue weighted by Crippen LogP contribution is -2.34. The molecule has 2 aliphatic heterocycles. The molecule has 0 unspecified atom stereocenters. The van der Waals surface area contributed by atoms with Crippen molar-refractivity contribution >= 4 is 11.9 Å². The molecule has 0 radical (unpaired) electrons. The minimum atomic E-state index is -0.332. The zero-order valence-electron chi connectivity index (χ0n) is 14.2. The van der Waals surface area contributed by atoms with Crippen molar-refractivity contribution in [3.8, 4) is 11.5 Å². The number of carbonyl (C=O) groups is 1. The van der Waals surface area contributed by atoms with Gasteiger partial charge in [-0.1, -0.05) is 0 Å². The molecule has 0 aliphatic carbocycles. The van der Waals surface area contributed by atoms with E-state index in [-0.39, 0.29) is 24.8 Å². The van der Waals surface area contributed by atoms with Crippen molar-refractivity contribution in [1.82, 2.24) is 5.32 Å². The molecule has 1 fully saturated rings. The highest BCUT2D eigenvalue weighted by Gasteiger charge is 2.19. The second-order valence-corrected chi connectivity index (χ2v) is 5.64. The molecule has 25 heavy (non-hydrogen) atoms. The molecule has 2 aliphatic rings. The highest BCUT2D eigenvalue weighted by molar-refractivity contribution is 6.04. The highest BCUT2D eigenvalue weighted by atomic mass is 16.7. The van der Waals surface area contributed by atoms with Crippen LogP contribution < -0.4 is 14.8 Å². The van der Waals surface area contributed by atoms with Crippen LogP contribution in [-0.4, -0.2) is 58.3 Å². The number of amidine groups is 1. The van der Waals surface area contributed by atoms with Crippen molar-refractivity contribution in [2.45, 2.75) is 18.9 Å². The Morgan fingerprint density at radius 3 is 3.00 bits per heavy atom. The molecule has 1 aromatic carbocycles. The predicted octanol–water partition coefficient (Wildman–Crippen LogP) is 1.34. The zero-order valence-corrected chi connectivity index (χ0v) is 14.2. The first-order valence-corrected chi connectivity index (χ1v) is 8.25. The third-order valence-corrected chi connectivity index (χ3v) is 3.84. The number of hydrogen-bond acceptors (Lipinski definition) is 7. The second kappa shape index (κ2) is 8.68. The number of fused-ring (bicyclic) bond motifs is 1. The zero-order chi connectivity index (χ0) is 17.5. The van der Waals surface area contributed by atoms with Gasteiger partial charge in [-0.15, -0.1) is 0 Å². The summed E-state index contributed by atoms with van der Waals surface area (Å²) in [6, 6.07) is 5.15. The van der Waals surface area contributed by atoms with Crippen molar-refractivity contribution in [2.75, 3.05) is 40.3 Å². The van der Waals surface area contributed by atoms with Gasteiger partial charge in [0.1, 0.15) is 6.61 Å². The van der Waals surface area contributed by atoms with Gasteiger partial charge >= 0.3 is 0 Å². The quantitative estimate of drug-likeness (QED) is 0.473. The normalized spacial score (nSPS) is 19.1. The average molecular weight is 350 g/mol. The van der Waals surface area contributed by atoms with E-state index in [4.69, 9.17) is 23.7 Å². The van der Waals surface area contributed by atoms with Crippen LogP contribution in [0.2, 0.25) is 0 Å². The van der Waals surface area contributed by atoms with Gasteiger partial charge < -0.3 is 23.7 Å². The SMILES string of the molecule is COCCOC(=NC[C@H]1CCCO1)NC(=O)c1ccc2c(c1)OCO2. The van der Waals surface area contributed by atoms with Crippen LogP contribution in [0.1, 0.15) is 23.2 Å². The monoisotopic (exact) mass is 350 g/mol. The Morgan fingerprint density at radius 1 is 1.32 bits per heavy atom. The van der Waals surface area contributed by atoms with E-state index in [2.05, 4.69) is 10.3 Å². The first-order valence-electron chi connectivity index (χ1n) is 8.25. The van der Waals surface area contributed by atoms with Gasteiger partial charge in [0, 0.05) is 19.3 Å². The summed E-state index contributed by atoms with van der Waals surface area (Å²) in [7, 11) is 1.58. The number of nitrogens with one attached hydrogen (secondary N) is 1. The number of methoxy groups -OCH3 is 1. The molecule has 2 heterocycles. The van der Waals surface area contributed by atoms with Gasteiger partial charge in [-0.05, 0) is 31.0 Å². The molecule has 3 rings (SSSR count). The van der Waals surface area contributed by atoms with E-state index in [0.717, 1.165) is 19.4 Å². The van der Waals surface area contributed by atoms with E-state index in [1.54, 1.807) is 25.3 Å². The Morgan fingerprint density at radius 2 is 2.20 bits per heavy atom. The Bertz CT molecular complexity index is 628. The summed E-state index contributed by atoms with van der Waals surface area (Å²) >= 11 is 0. The molecular formula is C17H22N2O6. The van der Waals surface area contributed by atoms with E-state index >= 15 is 0 Å². The fourth-order valence-electron chi connectivity index (χ4n) is 2.52. The minimum absolute atomic E-state index is 0.0727. The topological polar surface area (TPSA) is 87.6 Å². The van der Waals surface area contributed by atoms with Crippen LogP contribution in [-0.2, 0) is 14.2 Å². The fraction of sp³-hybridized carbons (Fsp3) is 0.529. The number of nitrogens with zero attached hydrogens (tertiary/aromatic N) is 1. The summed E-state index contributed by atoms with van der Waals surface area (Å²) in [6.07, 6.45) is 2.07. The van der Waals surface area contributed by atoms with Gasteiger partial charge in [-0.3, -0.25) is 10.1 Å². The van der Waals surface area contributed by atoms with E-state index in [1.165, 1.54) is 0 Å². The number of hydrogen-bond donors (Lipinski definition) is 1. The molecule has 8 nitrogen and oxygen atoms in total. The number of ether oxygens (including phenoxy) is 5. The molecule has 1 N–H and O–H groups in total. The largest absolute Gasteiger partial charge is 0.463 e. The van der Waals surface area contributed by atoms with Crippen molar-refractivity contribution in [3.05, 3.63) is 23.8 Å². The molecule has 136 valence electrons. The third-order valence-electron chi connectivity index (χ3n) is 3.84. The Balaban J connectivity index is 1.63. The minimum Gasteiger partial charge on any atom is -0.463 e. The standard InChI is InChI=1S/C17H22N2O6/c1-21-7-8-23-17(18-10-13-3-2-6-22-13)19-16(20)12-4-5-14-15(9-12)25-11-24-14/h4-5,9,13H,2-3,6-8,10-11H2,1H3,(H,18,19,20)/t13-/m1/s1. The molecule has 0 spiro atoms. The van der Waals surface area contributed by atoms with Gasteiger partial charge in [0.2, 0.25) is 6.79 Å². The van der Waals surface area contributed by atoms with Crippen LogP contribution in [0.15, 0.2) is 23.2 Å². The van der Waals surface area contributed by atoms with Crippen molar-refractivity contribution in [1.29, 1.82) is 0 Å². The Kier molecular flexibility index (Phi) is 6.08. The van der Waals surface area contributed by atoms with E-state index in [0.29, 0.717) is 36.8 Å². The molecule has 0 bridgehead atoms. The van der Waals surface area contributed by atoms with Gasteiger partial charge in [-0.25, -0.2) is 4.99 Å². The molecule has 0 aromatic heterocycles. The molecule has 1 saturated heterocycles. The maximum atomic E-state index is 12.5. The summed E-state index contributed by atoms with van der Waals surface area (Å²) < 4.78 is 26.5. The molecule has 0 saturated carbocycles. The fourth-order valence-corrected chi connectivity index (χ4v) is 2.52. The number of rotatable bonds is 6. The van der Waals surface area contributed by atoms with Crippen molar-refractivity contribution in [3.63, 3.8) is 0 Å². The Labute approximate surface area is 146 Å². The predicted molar refractivity (Wildman–Crippen MR) is 89.1 cm³/mol. The molecule has 8 heteroatoms. The van der Waals surface area contributed by atoms with Crippen LogP contribution in [0.4, 0.5) is 0 Å². The van der Waals surface area contributed by atoms with Gasteiger partial charge in [0.25, 0.3) is 11.9 Å². The van der Waals surface area contributed by atoms with Crippen molar-refractivity contribution < 1.29 is 28.5 Å². The smallest absolute Gasteiger partial charge is 0.291 e. The van der Waals surface area contributed by atoms with Crippen LogP contribution >= 0.6 is 0 Å². The molecule has 1 aromatic rings. The lowest BCUT2D eigenvalue weighted by Gasteiger charge is -2.12. The van der Waals surface area contributed by atoms with Crippen molar-refractivity contribution in [2.24, 2.45) is 4.99 Å². The summed E-state index contributed by atoms with van der Waals surface area (Å²) in [4.78, 5) is 16.8. The van der Waals surface area contributed by atoms with Crippen LogP contribution in [0.25, 0.3) is 0 Å². The number of amides is 1. The van der Waals surface area contributed by atoms with E-state index in [1.807, 2.05) is 0 Å². The van der Waals surface area contributed by atoms with E-state index < -0.39 is 0 Å². The lowest BCUT2D eigenvalue weighted by atomic mass is 10.2. The van der Waals surface area contributed by atoms with E-state index in [9.17, 15) is 4.79 Å². The van der Waals surface area contributed by atoms with Crippen LogP contribution in [0, 0.1) is 0 Å². The van der Waals surface area contributed by atoms with Gasteiger partial charge in [0.05, 0.1) is 19.3 Å². The third kappa shape index (κ3) is 4.83. The number of benzene rings is 1. The lowest BCUT2D eigenvalue weighted by molar-refractivity contribution is 0.0948. The summed E-state index contributed by atoms with van der Waals surface area (Å²) in [6.45, 7) is 2.06. The van der Waals surface area contributed by atoms with Gasteiger partial charge in [-0.2, -0.15) is 0 Å². The van der Waals surface area contributed by atoms with Crippen LogP contribution in [0.5, 0.6) is 11.5 Å². The average Bonchev–Trinajstić information content (AvgIpc) is 3.30. The summed E-state index contributed by atoms with van der Waals surface area (Å²) in [5.41, 5.74) is 0.435. The number of carbonyl (C=O) groups excluding carboxylic acids is 1. The summed E-state index contributed by atoms with van der Waals surface area (Å²) in [5, 5.41) is 2.69. The first-order chi connectivity index (χ1) is 12.3. The molecule has 1 atom stereocenters. The molecule has 1 amide bonds. The molecular weight excluding hydrogens is 328 g/mol.